The zero-order valence-corrected chi connectivity index (χ0v) is 16.8. The van der Waals surface area contributed by atoms with Gasteiger partial charge in [-0.25, -0.2) is 4.79 Å². The molecule has 0 fully saturated rings. The van der Waals surface area contributed by atoms with E-state index < -0.39 is 29.7 Å². The lowest BCUT2D eigenvalue weighted by Crippen LogP contribution is -2.42. The van der Waals surface area contributed by atoms with Crippen molar-refractivity contribution in [2.45, 2.75) is 18.4 Å². The van der Waals surface area contributed by atoms with Crippen LogP contribution in [-0.2, 0) is 4.79 Å². The first-order valence-electron chi connectivity index (χ1n) is 8.82. The van der Waals surface area contributed by atoms with Gasteiger partial charge < -0.3 is 27.6 Å². The third-order valence-electron chi connectivity index (χ3n) is 4.32. The summed E-state index contributed by atoms with van der Waals surface area (Å²) in [7, 11) is 0. The summed E-state index contributed by atoms with van der Waals surface area (Å²) in [6.45, 7) is 0.0254. The molecule has 0 aromatic heterocycles. The summed E-state index contributed by atoms with van der Waals surface area (Å²) in [4.78, 5) is 40.0. The van der Waals surface area contributed by atoms with Crippen LogP contribution in [0.4, 0.5) is 0 Å². The fraction of sp³-hybridized carbons (Fsp3) is 0.200. The Morgan fingerprint density at radius 2 is 1.57 bits per heavy atom. The van der Waals surface area contributed by atoms with Crippen LogP contribution in [0.15, 0.2) is 59.6 Å². The van der Waals surface area contributed by atoms with Gasteiger partial charge in [0.05, 0.1) is 0 Å². The van der Waals surface area contributed by atoms with Gasteiger partial charge in [0.25, 0.3) is 5.91 Å². The normalized spacial score (nSPS) is 12.0. The lowest BCUT2D eigenvalue weighted by atomic mass is 9.88. The minimum absolute atomic E-state index is 0. The molecule has 0 saturated carbocycles. The molecule has 9 nitrogen and oxygen atoms in total. The van der Waals surface area contributed by atoms with E-state index in [9.17, 15) is 19.5 Å². The van der Waals surface area contributed by atoms with Crippen LogP contribution in [0.5, 0.6) is 0 Å². The molecule has 2 aromatic carbocycles. The van der Waals surface area contributed by atoms with Crippen LogP contribution >= 0.6 is 12.4 Å². The fourth-order valence-electron chi connectivity index (χ4n) is 2.93. The molecule has 2 aromatic rings. The molecule has 2 atom stereocenters. The van der Waals surface area contributed by atoms with Crippen molar-refractivity contribution in [3.8, 4) is 0 Å². The number of carbonyl (C=O) groups excluding carboxylic acids is 2. The number of carboxylic acids is 1. The number of nitrogens with two attached hydrogens (primary N) is 3. The van der Waals surface area contributed by atoms with Gasteiger partial charge >= 0.3 is 5.97 Å². The standard InChI is InChI=1S/C20H23N5O4.ClH/c21-17(26)15-9-5-4-8-14(15)13(11-24-20(22)23)10-16(19(28)29)25-18(27)12-6-2-1-3-7-12;/h1-9,13,16H,10-11H2,(H2,21,26)(H,25,27)(H,28,29)(H4,22,23,24);1H/t13?,16-;/m0./s1. The summed E-state index contributed by atoms with van der Waals surface area (Å²) >= 11 is 0. The molecule has 0 heterocycles. The number of rotatable bonds is 9. The second-order valence-electron chi connectivity index (χ2n) is 6.38. The van der Waals surface area contributed by atoms with Crippen LogP contribution in [0.2, 0.25) is 0 Å². The Bertz CT molecular complexity index is 916. The average Bonchev–Trinajstić information content (AvgIpc) is 2.70. The molecule has 0 saturated heterocycles. The number of hydrogen-bond acceptors (Lipinski definition) is 4. The number of halogens is 1. The van der Waals surface area contributed by atoms with Crippen molar-refractivity contribution < 1.29 is 19.5 Å². The zero-order chi connectivity index (χ0) is 21.4. The molecular formula is C20H24ClN5O4. The van der Waals surface area contributed by atoms with Gasteiger partial charge in [-0.2, -0.15) is 0 Å². The Morgan fingerprint density at radius 1 is 0.967 bits per heavy atom. The quantitative estimate of drug-likeness (QED) is 0.289. The molecular weight excluding hydrogens is 410 g/mol. The predicted molar refractivity (Wildman–Crippen MR) is 116 cm³/mol. The highest BCUT2D eigenvalue weighted by molar-refractivity contribution is 5.96. The van der Waals surface area contributed by atoms with Crippen LogP contribution in [0.25, 0.3) is 0 Å². The van der Waals surface area contributed by atoms with Crippen LogP contribution in [-0.4, -0.2) is 41.4 Å². The molecule has 8 N–H and O–H groups in total. The van der Waals surface area contributed by atoms with E-state index in [1.165, 1.54) is 0 Å². The summed E-state index contributed by atoms with van der Waals surface area (Å²) in [5.41, 5.74) is 17.3. The van der Waals surface area contributed by atoms with Crippen molar-refractivity contribution in [1.82, 2.24) is 5.32 Å². The number of primary amides is 1. The van der Waals surface area contributed by atoms with Crippen molar-refractivity contribution >= 4 is 36.2 Å². The van der Waals surface area contributed by atoms with Gasteiger partial charge in [-0.3, -0.25) is 14.6 Å². The Kier molecular flexibility index (Phi) is 9.31. The molecule has 0 aliphatic carbocycles. The maximum atomic E-state index is 12.4. The van der Waals surface area contributed by atoms with E-state index in [0.717, 1.165) is 0 Å². The first kappa shape index (κ1) is 24.4. The smallest absolute Gasteiger partial charge is 0.326 e. The maximum Gasteiger partial charge on any atom is 0.326 e. The number of guanidine groups is 1. The Balaban J connectivity index is 0.00000450. The minimum atomic E-state index is -1.23. The first-order valence-corrected chi connectivity index (χ1v) is 8.82. The third-order valence-corrected chi connectivity index (χ3v) is 4.32. The molecule has 2 rings (SSSR count). The highest BCUT2D eigenvalue weighted by Crippen LogP contribution is 2.26. The molecule has 0 aliphatic rings. The van der Waals surface area contributed by atoms with Crippen molar-refractivity contribution in [3.63, 3.8) is 0 Å². The second kappa shape index (κ2) is 11.4. The number of aliphatic carboxylic acids is 1. The van der Waals surface area contributed by atoms with E-state index in [-0.39, 0.29) is 36.9 Å². The number of carboxylic acid groups (broad SMARTS) is 1. The molecule has 30 heavy (non-hydrogen) atoms. The summed E-state index contributed by atoms with van der Waals surface area (Å²) in [6, 6.07) is 13.6. The number of hydrogen-bond donors (Lipinski definition) is 5. The van der Waals surface area contributed by atoms with Crippen molar-refractivity contribution in [1.29, 1.82) is 0 Å². The number of nitrogens with zero attached hydrogens (tertiary/aromatic N) is 1. The first-order chi connectivity index (χ1) is 13.8. The number of carbonyl (C=O) groups is 3. The average molecular weight is 434 g/mol. The van der Waals surface area contributed by atoms with Gasteiger partial charge in [0.15, 0.2) is 5.96 Å². The van der Waals surface area contributed by atoms with E-state index >= 15 is 0 Å². The van der Waals surface area contributed by atoms with Crippen molar-refractivity contribution in [2.75, 3.05) is 6.54 Å². The SMILES string of the molecule is Cl.NC(=O)c1ccccc1C(CN=C(N)N)C[C@H](NC(=O)c1ccccc1)C(=O)O. The lowest BCUT2D eigenvalue weighted by molar-refractivity contribution is -0.139. The van der Waals surface area contributed by atoms with Gasteiger partial charge in [-0.05, 0) is 30.2 Å². The lowest BCUT2D eigenvalue weighted by Gasteiger charge is -2.22. The molecule has 10 heteroatoms. The van der Waals surface area contributed by atoms with E-state index in [0.29, 0.717) is 11.1 Å². The summed E-state index contributed by atoms with van der Waals surface area (Å²) in [6.07, 6.45) is -0.0466. The molecule has 2 amide bonds. The van der Waals surface area contributed by atoms with Gasteiger partial charge in [-0.1, -0.05) is 36.4 Å². The second-order valence-corrected chi connectivity index (χ2v) is 6.38. The maximum absolute atomic E-state index is 12.4. The van der Waals surface area contributed by atoms with E-state index in [4.69, 9.17) is 17.2 Å². The van der Waals surface area contributed by atoms with Gasteiger partial charge in [0.1, 0.15) is 6.04 Å². The van der Waals surface area contributed by atoms with Gasteiger partial charge in [-0.15, -0.1) is 12.4 Å². The number of amides is 2. The summed E-state index contributed by atoms with van der Waals surface area (Å²) in [5, 5.41) is 12.1. The number of aliphatic imine (C=N–C) groups is 1. The highest BCUT2D eigenvalue weighted by atomic mass is 35.5. The van der Waals surface area contributed by atoms with Gasteiger partial charge in [0.2, 0.25) is 5.91 Å². The molecule has 0 aliphatic heterocycles. The fourth-order valence-corrected chi connectivity index (χ4v) is 2.93. The Morgan fingerprint density at radius 3 is 2.13 bits per heavy atom. The van der Waals surface area contributed by atoms with Crippen molar-refractivity contribution in [3.05, 3.63) is 71.3 Å². The van der Waals surface area contributed by atoms with E-state index in [1.54, 1.807) is 54.6 Å². The van der Waals surface area contributed by atoms with E-state index in [1.807, 2.05) is 0 Å². The Hall–Kier alpha value is -3.59. The zero-order valence-electron chi connectivity index (χ0n) is 16.0. The van der Waals surface area contributed by atoms with E-state index in [2.05, 4.69) is 10.3 Å². The third kappa shape index (κ3) is 6.78. The minimum Gasteiger partial charge on any atom is -0.480 e. The van der Waals surface area contributed by atoms with Crippen LogP contribution in [0.1, 0.15) is 38.6 Å². The molecule has 0 radical (unpaired) electrons. The van der Waals surface area contributed by atoms with Crippen LogP contribution < -0.4 is 22.5 Å². The topological polar surface area (TPSA) is 174 Å². The largest absolute Gasteiger partial charge is 0.480 e. The molecule has 1 unspecified atom stereocenters. The summed E-state index contributed by atoms with van der Waals surface area (Å²) < 4.78 is 0. The van der Waals surface area contributed by atoms with Gasteiger partial charge in [0, 0.05) is 23.6 Å². The number of benzene rings is 2. The predicted octanol–water partition coefficient (Wildman–Crippen LogP) is 0.838. The van der Waals surface area contributed by atoms with Crippen LogP contribution in [0, 0.1) is 0 Å². The Labute approximate surface area is 179 Å². The molecule has 0 spiro atoms. The highest BCUT2D eigenvalue weighted by Gasteiger charge is 2.27. The van der Waals surface area contributed by atoms with Crippen molar-refractivity contribution in [2.24, 2.45) is 22.2 Å². The summed E-state index contributed by atoms with van der Waals surface area (Å²) in [5.74, 6) is -3.15. The molecule has 160 valence electrons. The van der Waals surface area contributed by atoms with Crippen LogP contribution in [0.3, 0.4) is 0 Å². The monoisotopic (exact) mass is 433 g/mol. The number of nitrogens with one attached hydrogen (secondary N) is 1. The molecule has 0 bridgehead atoms.